The second-order valence-corrected chi connectivity index (χ2v) is 8.30. The number of carbonyl (C=O) groups excluding carboxylic acids is 1. The largest absolute Gasteiger partial charge is 0.493 e. The number of furan rings is 1. The van der Waals surface area contributed by atoms with Gasteiger partial charge in [-0.3, -0.25) is 4.79 Å². The Kier molecular flexibility index (Phi) is 6.84. The molecule has 4 nitrogen and oxygen atoms in total. The van der Waals surface area contributed by atoms with Gasteiger partial charge in [0.05, 0.1) is 18.6 Å². The highest BCUT2D eigenvalue weighted by Gasteiger charge is 2.15. The van der Waals surface area contributed by atoms with Gasteiger partial charge in [-0.05, 0) is 61.6 Å². The number of thioether (sulfide) groups is 1. The smallest absolute Gasteiger partial charge is 0.248 e. The van der Waals surface area contributed by atoms with Crippen LogP contribution >= 0.6 is 11.8 Å². The second kappa shape index (κ2) is 9.96. The fraction of sp³-hybridized carbons (Fsp3) is 0.148. The molecular formula is C27H24FNO3S. The first-order valence-electron chi connectivity index (χ1n) is 10.6. The number of hydrogen-bond acceptors (Lipinski definition) is 4. The van der Waals surface area contributed by atoms with E-state index in [0.717, 1.165) is 38.2 Å². The van der Waals surface area contributed by atoms with Crippen molar-refractivity contribution < 1.29 is 18.3 Å². The number of benzene rings is 3. The summed E-state index contributed by atoms with van der Waals surface area (Å²) in [4.78, 5) is 13.8. The molecule has 6 heteroatoms. The molecule has 4 aromatic rings. The fourth-order valence-electron chi connectivity index (χ4n) is 3.68. The Morgan fingerprint density at radius 2 is 1.91 bits per heavy atom. The summed E-state index contributed by atoms with van der Waals surface area (Å²) in [7, 11) is 0. The lowest BCUT2D eigenvalue weighted by Crippen LogP contribution is -2.09. The van der Waals surface area contributed by atoms with Gasteiger partial charge in [0.2, 0.25) is 5.91 Å². The SMILES string of the molecule is CCOc1cc2occ(-c3ccc(F)cc3)c2cc1/C(C)=C/C(=O)Nc1ccccc1SC. The predicted molar refractivity (Wildman–Crippen MR) is 133 cm³/mol. The highest BCUT2D eigenvalue weighted by molar-refractivity contribution is 7.98. The molecule has 0 aliphatic carbocycles. The molecule has 0 atom stereocenters. The zero-order chi connectivity index (χ0) is 23.4. The topological polar surface area (TPSA) is 51.5 Å². The average molecular weight is 462 g/mol. The molecule has 0 spiro atoms. The molecule has 0 saturated carbocycles. The first-order valence-corrected chi connectivity index (χ1v) is 11.8. The maximum atomic E-state index is 13.4. The molecule has 0 aliphatic heterocycles. The number of anilines is 1. The first kappa shape index (κ1) is 22.7. The zero-order valence-electron chi connectivity index (χ0n) is 18.6. The maximum Gasteiger partial charge on any atom is 0.248 e. The average Bonchev–Trinajstić information content (AvgIpc) is 3.22. The zero-order valence-corrected chi connectivity index (χ0v) is 19.5. The highest BCUT2D eigenvalue weighted by atomic mass is 32.2. The van der Waals surface area contributed by atoms with Crippen LogP contribution < -0.4 is 10.1 Å². The molecule has 4 rings (SSSR count). The Labute approximate surface area is 196 Å². The lowest BCUT2D eigenvalue weighted by molar-refractivity contribution is -0.111. The molecule has 0 unspecified atom stereocenters. The van der Waals surface area contributed by atoms with Crippen LogP contribution in [-0.2, 0) is 4.79 Å². The fourth-order valence-corrected chi connectivity index (χ4v) is 4.24. The van der Waals surface area contributed by atoms with Crippen molar-refractivity contribution >= 4 is 39.9 Å². The van der Waals surface area contributed by atoms with Crippen molar-refractivity contribution in [1.29, 1.82) is 0 Å². The molecular weight excluding hydrogens is 437 g/mol. The lowest BCUT2D eigenvalue weighted by Gasteiger charge is -2.12. The lowest BCUT2D eigenvalue weighted by atomic mass is 9.99. The van der Waals surface area contributed by atoms with E-state index < -0.39 is 0 Å². The Morgan fingerprint density at radius 3 is 2.64 bits per heavy atom. The van der Waals surface area contributed by atoms with Crippen LogP contribution in [0.5, 0.6) is 5.75 Å². The third-order valence-corrected chi connectivity index (χ3v) is 6.06. The Morgan fingerprint density at radius 1 is 1.15 bits per heavy atom. The van der Waals surface area contributed by atoms with Gasteiger partial charge in [0.25, 0.3) is 0 Å². The molecule has 0 aliphatic rings. The summed E-state index contributed by atoms with van der Waals surface area (Å²) in [6.07, 6.45) is 5.19. The van der Waals surface area contributed by atoms with Gasteiger partial charge in [0.15, 0.2) is 0 Å². The number of fused-ring (bicyclic) bond motifs is 1. The highest BCUT2D eigenvalue weighted by Crippen LogP contribution is 2.37. The van der Waals surface area contributed by atoms with E-state index in [1.807, 2.05) is 56.5 Å². The normalized spacial score (nSPS) is 11.6. The molecule has 168 valence electrons. The van der Waals surface area contributed by atoms with Crippen molar-refractivity contribution in [2.75, 3.05) is 18.2 Å². The molecule has 1 N–H and O–H groups in total. The van der Waals surface area contributed by atoms with Crippen molar-refractivity contribution in [3.63, 3.8) is 0 Å². The molecule has 0 fully saturated rings. The van der Waals surface area contributed by atoms with E-state index in [-0.39, 0.29) is 11.7 Å². The molecule has 1 heterocycles. The number of nitrogens with one attached hydrogen (secondary N) is 1. The van der Waals surface area contributed by atoms with E-state index in [2.05, 4.69) is 5.32 Å². The number of halogens is 1. The van der Waals surface area contributed by atoms with Crippen LogP contribution in [-0.4, -0.2) is 18.8 Å². The van der Waals surface area contributed by atoms with Crippen molar-refractivity contribution in [2.45, 2.75) is 18.7 Å². The van der Waals surface area contributed by atoms with Gasteiger partial charge >= 0.3 is 0 Å². The van der Waals surface area contributed by atoms with Crippen LogP contribution in [0.15, 0.2) is 82.3 Å². The summed E-state index contributed by atoms with van der Waals surface area (Å²) < 4.78 is 25.0. The van der Waals surface area contributed by atoms with Crippen LogP contribution in [0.4, 0.5) is 10.1 Å². The van der Waals surface area contributed by atoms with E-state index in [0.29, 0.717) is 17.9 Å². The van der Waals surface area contributed by atoms with Gasteiger partial charge < -0.3 is 14.5 Å². The molecule has 0 saturated heterocycles. The summed E-state index contributed by atoms with van der Waals surface area (Å²) in [5, 5.41) is 3.82. The maximum absolute atomic E-state index is 13.4. The van der Waals surface area contributed by atoms with Crippen LogP contribution in [0.3, 0.4) is 0 Å². The molecule has 1 amide bonds. The number of rotatable bonds is 7. The van der Waals surface area contributed by atoms with Gasteiger partial charge in [0, 0.05) is 33.6 Å². The second-order valence-electron chi connectivity index (χ2n) is 7.45. The van der Waals surface area contributed by atoms with Crippen LogP contribution in [0.1, 0.15) is 19.4 Å². The van der Waals surface area contributed by atoms with Crippen molar-refractivity contribution in [3.05, 3.63) is 84.4 Å². The Bertz CT molecular complexity index is 1330. The number of allylic oxidation sites excluding steroid dienone is 1. The minimum Gasteiger partial charge on any atom is -0.493 e. The third kappa shape index (κ3) is 4.96. The predicted octanol–water partition coefficient (Wildman–Crippen LogP) is 7.40. The van der Waals surface area contributed by atoms with Crippen LogP contribution in [0, 0.1) is 5.82 Å². The molecule has 3 aromatic carbocycles. The summed E-state index contributed by atoms with van der Waals surface area (Å²) >= 11 is 1.58. The van der Waals surface area contributed by atoms with Gasteiger partial charge in [-0.2, -0.15) is 0 Å². The third-order valence-electron chi connectivity index (χ3n) is 5.27. The van der Waals surface area contributed by atoms with E-state index in [1.54, 1.807) is 36.2 Å². The van der Waals surface area contributed by atoms with Crippen molar-refractivity contribution in [2.24, 2.45) is 0 Å². The quantitative estimate of drug-likeness (QED) is 0.230. The number of carbonyl (C=O) groups is 1. The van der Waals surface area contributed by atoms with Crippen LogP contribution in [0.25, 0.3) is 27.7 Å². The Hall–Kier alpha value is -3.51. The molecule has 0 radical (unpaired) electrons. The van der Waals surface area contributed by atoms with E-state index in [9.17, 15) is 9.18 Å². The summed E-state index contributed by atoms with van der Waals surface area (Å²) in [6.45, 7) is 4.26. The molecule has 1 aromatic heterocycles. The first-order chi connectivity index (χ1) is 16.0. The van der Waals surface area contributed by atoms with Crippen molar-refractivity contribution in [1.82, 2.24) is 0 Å². The number of ether oxygens (including phenoxy) is 1. The number of hydrogen-bond donors (Lipinski definition) is 1. The number of para-hydroxylation sites is 1. The summed E-state index contributed by atoms with van der Waals surface area (Å²) in [6, 6.07) is 17.7. The van der Waals surface area contributed by atoms with Gasteiger partial charge in [-0.25, -0.2) is 4.39 Å². The van der Waals surface area contributed by atoms with E-state index >= 15 is 0 Å². The van der Waals surface area contributed by atoms with Gasteiger partial charge in [-0.1, -0.05) is 24.3 Å². The minimum absolute atomic E-state index is 0.220. The van der Waals surface area contributed by atoms with Crippen LogP contribution in [0.2, 0.25) is 0 Å². The minimum atomic E-state index is -0.293. The van der Waals surface area contributed by atoms with E-state index in [1.165, 1.54) is 12.1 Å². The molecule has 33 heavy (non-hydrogen) atoms. The Balaban J connectivity index is 1.72. The molecule has 0 bridgehead atoms. The summed E-state index contributed by atoms with van der Waals surface area (Å²) in [5.41, 5.74) is 4.67. The standard InChI is InChI=1S/C27H24FNO3S/c1-4-31-24-15-25-21(22(16-32-25)18-9-11-19(28)12-10-18)14-20(24)17(2)13-27(30)29-23-7-5-6-8-26(23)33-3/h5-16H,4H2,1-3H3,(H,29,30)/b17-13+. The van der Waals surface area contributed by atoms with Gasteiger partial charge in [0.1, 0.15) is 17.1 Å². The number of amides is 1. The monoisotopic (exact) mass is 461 g/mol. The van der Waals surface area contributed by atoms with Gasteiger partial charge in [-0.15, -0.1) is 11.8 Å². The van der Waals surface area contributed by atoms with Crippen molar-refractivity contribution in [3.8, 4) is 16.9 Å². The summed E-state index contributed by atoms with van der Waals surface area (Å²) in [5.74, 6) is 0.122. The van der Waals surface area contributed by atoms with E-state index in [4.69, 9.17) is 9.15 Å².